The van der Waals surface area contributed by atoms with Crippen molar-refractivity contribution in [2.75, 3.05) is 27.2 Å². The largest absolute Gasteiger partial charge is 0.507 e. The van der Waals surface area contributed by atoms with Gasteiger partial charge in [-0.1, -0.05) is 6.07 Å². The highest BCUT2D eigenvalue weighted by Crippen LogP contribution is 2.32. The number of benzene rings is 1. The summed E-state index contributed by atoms with van der Waals surface area (Å²) < 4.78 is 5.07. The molecule has 0 aliphatic carbocycles. The Labute approximate surface area is 119 Å². The Hall–Kier alpha value is -1.75. The quantitative estimate of drug-likeness (QED) is 0.873. The molecule has 0 bridgehead atoms. The van der Waals surface area contributed by atoms with E-state index in [0.29, 0.717) is 18.8 Å². The van der Waals surface area contributed by atoms with Crippen LogP contribution in [0.15, 0.2) is 18.2 Å². The summed E-state index contributed by atoms with van der Waals surface area (Å²) in [4.78, 5) is 14.1. The average molecular weight is 278 g/mol. The van der Waals surface area contributed by atoms with E-state index in [2.05, 4.69) is 10.2 Å². The van der Waals surface area contributed by atoms with Crippen LogP contribution in [0, 0.1) is 5.41 Å². The number of ether oxygens (including phenoxy) is 1. The van der Waals surface area contributed by atoms with Crippen molar-refractivity contribution in [1.29, 1.82) is 0 Å². The van der Waals surface area contributed by atoms with Crippen LogP contribution in [0.4, 0.5) is 0 Å². The molecule has 0 aromatic heterocycles. The summed E-state index contributed by atoms with van der Waals surface area (Å²) in [5, 5.41) is 12.7. The summed E-state index contributed by atoms with van der Waals surface area (Å²) in [7, 11) is 3.25. The van der Waals surface area contributed by atoms with Crippen molar-refractivity contribution in [1.82, 2.24) is 10.2 Å². The van der Waals surface area contributed by atoms with Gasteiger partial charge in [0.2, 0.25) is 5.91 Å². The fourth-order valence-electron chi connectivity index (χ4n) is 2.72. The highest BCUT2D eigenvalue weighted by molar-refractivity contribution is 5.82. The molecule has 1 atom stereocenters. The maximum atomic E-state index is 11.9. The van der Waals surface area contributed by atoms with Crippen LogP contribution >= 0.6 is 0 Å². The molecule has 1 heterocycles. The minimum absolute atomic E-state index is 0.0824. The number of hydrogen-bond donors (Lipinski definition) is 2. The number of phenols is 1. The molecule has 2 N–H and O–H groups in total. The van der Waals surface area contributed by atoms with Gasteiger partial charge in [-0.15, -0.1) is 0 Å². The Morgan fingerprint density at radius 1 is 1.55 bits per heavy atom. The van der Waals surface area contributed by atoms with Crippen LogP contribution in [0.25, 0.3) is 0 Å². The van der Waals surface area contributed by atoms with Gasteiger partial charge in [-0.05, 0) is 26.0 Å². The molecule has 0 saturated carbocycles. The first kappa shape index (κ1) is 14.7. The number of phenolic OH excluding ortho intramolecular Hbond substituents is 1. The van der Waals surface area contributed by atoms with Gasteiger partial charge in [0.05, 0.1) is 12.5 Å². The third-order valence-corrected chi connectivity index (χ3v) is 4.01. The van der Waals surface area contributed by atoms with E-state index in [1.165, 1.54) is 0 Å². The summed E-state index contributed by atoms with van der Waals surface area (Å²) in [6.07, 6.45) is 0.837. The van der Waals surface area contributed by atoms with Gasteiger partial charge < -0.3 is 15.2 Å². The van der Waals surface area contributed by atoms with E-state index in [0.717, 1.165) is 18.5 Å². The molecule has 1 unspecified atom stereocenters. The molecular formula is C15H22N2O3. The van der Waals surface area contributed by atoms with E-state index in [9.17, 15) is 9.90 Å². The predicted molar refractivity (Wildman–Crippen MR) is 76.7 cm³/mol. The first-order valence-corrected chi connectivity index (χ1v) is 6.79. The molecule has 20 heavy (non-hydrogen) atoms. The summed E-state index contributed by atoms with van der Waals surface area (Å²) in [5.41, 5.74) is 0.517. The lowest BCUT2D eigenvalue weighted by atomic mass is 9.89. The molecule has 110 valence electrons. The Kier molecular flexibility index (Phi) is 4.18. The van der Waals surface area contributed by atoms with Crippen molar-refractivity contribution in [3.63, 3.8) is 0 Å². The normalized spacial score (nSPS) is 22.8. The molecule has 1 fully saturated rings. The zero-order chi connectivity index (χ0) is 14.8. The number of nitrogens with one attached hydrogen (secondary N) is 1. The van der Waals surface area contributed by atoms with Gasteiger partial charge in [0.1, 0.15) is 11.5 Å². The number of methoxy groups -OCH3 is 1. The second-order valence-corrected chi connectivity index (χ2v) is 5.60. The molecule has 1 aromatic rings. The summed E-state index contributed by atoms with van der Waals surface area (Å²) in [6, 6.07) is 5.32. The Morgan fingerprint density at radius 3 is 2.90 bits per heavy atom. The van der Waals surface area contributed by atoms with Gasteiger partial charge >= 0.3 is 0 Å². The number of carbonyl (C=O) groups is 1. The molecule has 1 amide bonds. The number of aromatic hydroxyl groups is 1. The summed E-state index contributed by atoms with van der Waals surface area (Å²) >= 11 is 0. The predicted octanol–water partition coefficient (Wildman–Crippen LogP) is 1.36. The fraction of sp³-hybridized carbons (Fsp3) is 0.533. The molecule has 1 saturated heterocycles. The average Bonchev–Trinajstić information content (AvgIpc) is 2.83. The highest BCUT2D eigenvalue weighted by Gasteiger charge is 2.39. The van der Waals surface area contributed by atoms with Gasteiger partial charge in [-0.2, -0.15) is 0 Å². The van der Waals surface area contributed by atoms with Crippen LogP contribution in [0.5, 0.6) is 11.5 Å². The minimum Gasteiger partial charge on any atom is -0.507 e. The second kappa shape index (κ2) is 5.71. The van der Waals surface area contributed by atoms with E-state index < -0.39 is 0 Å². The SMILES string of the molecule is CNC(=O)C1(C)CCN(Cc2ccc(OC)cc2O)C1. The van der Waals surface area contributed by atoms with Crippen molar-refractivity contribution in [2.45, 2.75) is 19.9 Å². The molecular weight excluding hydrogens is 256 g/mol. The molecule has 0 radical (unpaired) electrons. The van der Waals surface area contributed by atoms with Crippen LogP contribution in [0.3, 0.4) is 0 Å². The molecule has 2 rings (SSSR count). The minimum atomic E-state index is -0.336. The van der Waals surface area contributed by atoms with E-state index in [-0.39, 0.29) is 17.1 Å². The molecule has 1 aliphatic rings. The Balaban J connectivity index is 2.04. The lowest BCUT2D eigenvalue weighted by Crippen LogP contribution is -2.39. The third-order valence-electron chi connectivity index (χ3n) is 4.01. The van der Waals surface area contributed by atoms with E-state index in [1.807, 2.05) is 19.1 Å². The molecule has 5 nitrogen and oxygen atoms in total. The van der Waals surface area contributed by atoms with Crippen LogP contribution in [0.1, 0.15) is 18.9 Å². The van der Waals surface area contributed by atoms with Crippen LogP contribution in [-0.4, -0.2) is 43.2 Å². The van der Waals surface area contributed by atoms with Crippen molar-refractivity contribution in [3.8, 4) is 11.5 Å². The first-order chi connectivity index (χ1) is 9.48. The number of hydrogen-bond acceptors (Lipinski definition) is 4. The molecule has 1 aliphatic heterocycles. The van der Waals surface area contributed by atoms with Gasteiger partial charge in [0.25, 0.3) is 0 Å². The number of carbonyl (C=O) groups excluding carboxylic acids is 1. The number of amides is 1. The molecule has 0 spiro atoms. The highest BCUT2D eigenvalue weighted by atomic mass is 16.5. The number of nitrogens with zero attached hydrogens (tertiary/aromatic N) is 1. The van der Waals surface area contributed by atoms with E-state index in [1.54, 1.807) is 20.2 Å². The van der Waals surface area contributed by atoms with E-state index >= 15 is 0 Å². The Morgan fingerprint density at radius 2 is 2.30 bits per heavy atom. The number of rotatable bonds is 4. The van der Waals surface area contributed by atoms with Gasteiger partial charge in [0, 0.05) is 31.8 Å². The van der Waals surface area contributed by atoms with E-state index in [4.69, 9.17) is 4.74 Å². The standard InChI is InChI=1S/C15H22N2O3/c1-15(14(19)16-2)6-7-17(10-15)9-11-4-5-12(20-3)8-13(11)18/h4-5,8,18H,6-7,9-10H2,1-3H3,(H,16,19). The van der Waals surface area contributed by atoms with Crippen LogP contribution in [0.2, 0.25) is 0 Å². The molecule has 1 aromatic carbocycles. The van der Waals surface area contributed by atoms with Crippen molar-refractivity contribution >= 4 is 5.91 Å². The maximum Gasteiger partial charge on any atom is 0.227 e. The molecule has 5 heteroatoms. The zero-order valence-electron chi connectivity index (χ0n) is 12.3. The smallest absolute Gasteiger partial charge is 0.227 e. The summed E-state index contributed by atoms with van der Waals surface area (Å²) in [5.74, 6) is 0.958. The first-order valence-electron chi connectivity index (χ1n) is 6.79. The third kappa shape index (κ3) is 2.88. The van der Waals surface area contributed by atoms with Crippen LogP contribution < -0.4 is 10.1 Å². The van der Waals surface area contributed by atoms with Crippen molar-refractivity contribution < 1.29 is 14.6 Å². The van der Waals surface area contributed by atoms with Gasteiger partial charge in [-0.25, -0.2) is 0 Å². The van der Waals surface area contributed by atoms with Crippen molar-refractivity contribution in [2.24, 2.45) is 5.41 Å². The van der Waals surface area contributed by atoms with Gasteiger partial charge in [0.15, 0.2) is 0 Å². The maximum absolute atomic E-state index is 11.9. The van der Waals surface area contributed by atoms with Crippen LogP contribution in [-0.2, 0) is 11.3 Å². The number of likely N-dealkylation sites (tertiary alicyclic amines) is 1. The summed E-state index contributed by atoms with van der Waals surface area (Å²) in [6.45, 7) is 4.19. The zero-order valence-corrected chi connectivity index (χ0v) is 12.3. The fourth-order valence-corrected chi connectivity index (χ4v) is 2.72. The lowest BCUT2D eigenvalue weighted by molar-refractivity contribution is -0.129. The second-order valence-electron chi connectivity index (χ2n) is 5.60. The lowest BCUT2D eigenvalue weighted by Gasteiger charge is -2.23. The Bertz CT molecular complexity index is 504. The van der Waals surface area contributed by atoms with Crippen molar-refractivity contribution in [3.05, 3.63) is 23.8 Å². The topological polar surface area (TPSA) is 61.8 Å². The monoisotopic (exact) mass is 278 g/mol. The van der Waals surface area contributed by atoms with Gasteiger partial charge in [-0.3, -0.25) is 9.69 Å².